The molecule has 5 atom stereocenters. The molecule has 14 aromatic carbocycles. The molecule has 138 heavy (non-hydrogen) atoms. The summed E-state index contributed by atoms with van der Waals surface area (Å²) in [5, 5.41) is 11.6. The van der Waals surface area contributed by atoms with E-state index in [-0.39, 0.29) is 30.8 Å². The Morgan fingerprint density at radius 2 is 0.536 bits per heavy atom. The standard InChI is InChI=1S/C29H32N2O.C27H22N2O.C23H20N2O.2C21H19N3O/c1-18(2)22-11-9-12-23(19(3)4)28(22)31-17-16-30(21(31)6)27-20(5)14-15-25-24-10-7-8-13-26(24)32-29(25)27;1-18-16-17-22-21-12-6-9-15-25(21)30-27(22)26(18)29-19(2)28(20-10-4-3-5-11-20)23-13-7-8-14-24(23)29;1-16-12-13-20-19-10-6-7-11-21(19)26-23(20)22(16)25-15-14-24(17(25)2)18-8-4-3-5-9-18;1-13-10-11-16-15-7-4-5-9-18(15)25-20(16)19(13)24-14(2)23(3)21-17(24)8-6-12-22-21;1-13-10-11-16-15-7-4-5-9-18(15)25-20(16)19(13)24-14(2)23(3)17-8-6-12-22-21(17)24/h7-19,21H,1-6H3;3-17,19H,1-2H3;3-15,17H,1-2H3;2*4-12,14H,1-3H3. The number of aryl methyl sites for hydroxylation is 5. The van der Waals surface area contributed by atoms with Crippen LogP contribution in [0.15, 0.2) is 369 Å². The van der Waals surface area contributed by atoms with E-state index in [4.69, 9.17) is 22.1 Å². The van der Waals surface area contributed by atoms with Gasteiger partial charge in [0.05, 0.1) is 51.2 Å². The molecule has 0 amide bonds. The molecule has 5 unspecified atom stereocenters. The molecule has 0 spiro atoms. The molecule has 5 aliphatic rings. The fourth-order valence-electron chi connectivity index (χ4n) is 21.5. The first kappa shape index (κ1) is 87.2. The number of aromatic nitrogens is 2. The number of rotatable bonds is 10. The van der Waals surface area contributed by atoms with Gasteiger partial charge in [0, 0.05) is 122 Å². The molecule has 0 saturated carbocycles. The number of para-hydroxylation sites is 10. The maximum atomic E-state index is 6.42. The molecular formula is C121H112N12O5. The van der Waals surface area contributed by atoms with Gasteiger partial charge in [-0.25, -0.2) is 9.97 Å². The van der Waals surface area contributed by atoms with E-state index >= 15 is 0 Å². The number of nitrogens with zero attached hydrogens (tertiary/aromatic N) is 12. The average Bonchev–Trinajstić information content (AvgIpc) is 1.67. The molecule has 0 radical (unpaired) electrons. The first-order valence-electron chi connectivity index (χ1n) is 48.1. The van der Waals surface area contributed by atoms with E-state index in [0.717, 1.165) is 140 Å². The zero-order valence-corrected chi connectivity index (χ0v) is 80.9. The highest BCUT2D eigenvalue weighted by molar-refractivity contribution is 6.15. The Balaban J connectivity index is 0.0000000999. The van der Waals surface area contributed by atoms with E-state index in [0.29, 0.717) is 11.8 Å². The fraction of sp³-hybridized carbons (Fsp3) is 0.190. The molecule has 5 aliphatic heterocycles. The van der Waals surface area contributed by atoms with Crippen LogP contribution in [0.25, 0.3) is 110 Å². The summed E-state index contributed by atoms with van der Waals surface area (Å²) in [7, 11) is 4.20. The van der Waals surface area contributed by atoms with Crippen LogP contribution < -0.4 is 49.0 Å². The number of anilines is 14. The predicted octanol–water partition coefficient (Wildman–Crippen LogP) is 32.3. The van der Waals surface area contributed by atoms with Crippen LogP contribution in [0.2, 0.25) is 0 Å². The van der Waals surface area contributed by atoms with E-state index in [2.05, 4.69) is 431 Å². The zero-order valence-electron chi connectivity index (χ0n) is 80.9. The minimum absolute atomic E-state index is 0.113. The second kappa shape index (κ2) is 35.3. The summed E-state index contributed by atoms with van der Waals surface area (Å²) in [6, 6.07) is 108. The smallest absolute Gasteiger partial charge is 0.159 e. The number of pyridine rings is 2. The molecule has 12 heterocycles. The summed E-state index contributed by atoms with van der Waals surface area (Å²) in [5.41, 5.74) is 32.3. The first-order chi connectivity index (χ1) is 67.2. The van der Waals surface area contributed by atoms with Gasteiger partial charge < -0.3 is 71.1 Å². The van der Waals surface area contributed by atoms with E-state index in [1.807, 2.05) is 85.2 Å². The Bertz CT molecular complexity index is 8100. The lowest BCUT2D eigenvalue weighted by atomic mass is 9.92. The molecule has 0 bridgehead atoms. The van der Waals surface area contributed by atoms with Crippen LogP contribution >= 0.6 is 0 Å². The molecule has 17 heteroatoms. The molecule has 26 rings (SSSR count). The van der Waals surface area contributed by atoms with Gasteiger partial charge in [0.1, 0.15) is 58.7 Å². The minimum Gasteiger partial charge on any atom is -0.454 e. The van der Waals surface area contributed by atoms with Crippen molar-refractivity contribution < 1.29 is 22.1 Å². The van der Waals surface area contributed by atoms with Gasteiger partial charge in [-0.1, -0.05) is 246 Å². The maximum Gasteiger partial charge on any atom is 0.159 e. The van der Waals surface area contributed by atoms with Crippen molar-refractivity contribution in [2.45, 2.75) is 140 Å². The van der Waals surface area contributed by atoms with Gasteiger partial charge >= 0.3 is 0 Å². The molecule has 686 valence electrons. The molecule has 7 aromatic heterocycles. The third-order valence-corrected chi connectivity index (χ3v) is 28.7. The van der Waals surface area contributed by atoms with Gasteiger partial charge in [0.25, 0.3) is 0 Å². The highest BCUT2D eigenvalue weighted by atomic mass is 16.3. The summed E-state index contributed by atoms with van der Waals surface area (Å²) in [5.74, 6) is 2.90. The largest absolute Gasteiger partial charge is 0.454 e. The van der Waals surface area contributed by atoms with E-state index in [9.17, 15) is 0 Å². The predicted molar refractivity (Wildman–Crippen MR) is 576 cm³/mol. The van der Waals surface area contributed by atoms with Crippen molar-refractivity contribution >= 4 is 190 Å². The van der Waals surface area contributed by atoms with Crippen molar-refractivity contribution in [2.24, 2.45) is 0 Å². The van der Waals surface area contributed by atoms with Crippen molar-refractivity contribution in [1.82, 2.24) is 9.97 Å². The van der Waals surface area contributed by atoms with Crippen LogP contribution in [0.5, 0.6) is 0 Å². The lowest BCUT2D eigenvalue weighted by Crippen LogP contribution is -2.37. The monoisotopic (exact) mass is 1810 g/mol. The molecule has 0 saturated heterocycles. The second-order valence-electron chi connectivity index (χ2n) is 37.6. The maximum absolute atomic E-state index is 6.42. The average molecular weight is 1810 g/mol. The zero-order chi connectivity index (χ0) is 94.7. The number of furan rings is 5. The van der Waals surface area contributed by atoms with Crippen molar-refractivity contribution in [3.8, 4) is 0 Å². The Labute approximate surface area is 804 Å². The Morgan fingerprint density at radius 3 is 0.949 bits per heavy atom. The van der Waals surface area contributed by atoms with Crippen molar-refractivity contribution in [1.29, 1.82) is 0 Å². The molecule has 21 aromatic rings. The minimum atomic E-state index is 0.113. The van der Waals surface area contributed by atoms with Crippen molar-refractivity contribution in [3.63, 3.8) is 0 Å². The normalized spacial score (nSPS) is 16.6. The van der Waals surface area contributed by atoms with Crippen LogP contribution in [0.4, 0.5) is 79.9 Å². The Kier molecular flexibility index (Phi) is 22.3. The van der Waals surface area contributed by atoms with Gasteiger partial charge in [0.2, 0.25) is 0 Å². The number of hydrogen-bond acceptors (Lipinski definition) is 17. The van der Waals surface area contributed by atoms with Gasteiger partial charge in [-0.05, 0) is 211 Å². The third kappa shape index (κ3) is 14.6. The SMILES string of the molecule is Cc1ccc2c(oc3ccccc32)c1N1C=CN(c2c(C(C)C)cccc2C(C)C)C1C.Cc1ccc2c(oc3ccccc32)c1N1C=CN(c2ccccc2)C1C.Cc1ccc2c(oc3ccccc32)c1N1c2ccccc2N(c2ccccc2)C1C.Cc1ccc2c(oc3ccccc32)c1N1c2cccnc2N(C)C1C.Cc1ccc2c(oc3ccccc32)c1N1c2ncccc2N(C)C1C. The second-order valence-corrected chi connectivity index (χ2v) is 37.6. The molecule has 17 nitrogen and oxygen atoms in total. The summed E-state index contributed by atoms with van der Waals surface area (Å²) < 4.78 is 31.7. The van der Waals surface area contributed by atoms with Gasteiger partial charge in [0.15, 0.2) is 39.6 Å². The summed E-state index contributed by atoms with van der Waals surface area (Å²) in [6.07, 6.45) is 13.2. The highest BCUT2D eigenvalue weighted by Gasteiger charge is 2.41. The van der Waals surface area contributed by atoms with Crippen LogP contribution in [-0.4, -0.2) is 54.9 Å². The van der Waals surface area contributed by atoms with E-state index < -0.39 is 0 Å². The van der Waals surface area contributed by atoms with Crippen molar-refractivity contribution in [3.05, 3.63) is 386 Å². The number of fused-ring (bicyclic) bond motifs is 18. The van der Waals surface area contributed by atoms with E-state index in [1.54, 1.807) is 0 Å². The van der Waals surface area contributed by atoms with Gasteiger partial charge in [-0.2, -0.15) is 0 Å². The number of benzene rings is 14. The molecule has 0 fully saturated rings. The first-order valence-corrected chi connectivity index (χ1v) is 48.1. The fourth-order valence-corrected chi connectivity index (χ4v) is 21.5. The van der Waals surface area contributed by atoms with Gasteiger partial charge in [-0.3, -0.25) is 0 Å². The van der Waals surface area contributed by atoms with Crippen LogP contribution in [0.1, 0.15) is 113 Å². The van der Waals surface area contributed by atoms with Crippen LogP contribution in [0, 0.1) is 34.6 Å². The lowest BCUT2D eigenvalue weighted by Gasteiger charge is -2.34. The quantitative estimate of drug-likeness (QED) is 0.129. The topological polar surface area (TPSA) is 124 Å². The van der Waals surface area contributed by atoms with E-state index in [1.165, 1.54) is 88.9 Å². The summed E-state index contributed by atoms with van der Waals surface area (Å²) in [6.45, 7) is 31.0. The molecule has 0 N–H and O–H groups in total. The Hall–Kier alpha value is -16.1. The third-order valence-electron chi connectivity index (χ3n) is 28.7. The van der Waals surface area contributed by atoms with Crippen LogP contribution in [0.3, 0.4) is 0 Å². The number of hydrogen-bond donors (Lipinski definition) is 0. The Morgan fingerprint density at radius 1 is 0.232 bits per heavy atom. The van der Waals surface area contributed by atoms with Crippen LogP contribution in [-0.2, 0) is 0 Å². The van der Waals surface area contributed by atoms with Gasteiger partial charge in [-0.15, -0.1) is 0 Å². The highest BCUT2D eigenvalue weighted by Crippen LogP contribution is 2.55. The summed E-state index contributed by atoms with van der Waals surface area (Å²) >= 11 is 0. The molecule has 0 aliphatic carbocycles. The lowest BCUT2D eigenvalue weighted by molar-refractivity contribution is 0.660. The summed E-state index contributed by atoms with van der Waals surface area (Å²) in [4.78, 5) is 32.5. The van der Waals surface area contributed by atoms with Crippen molar-refractivity contribution in [2.75, 3.05) is 63.1 Å². The molecular weight excluding hydrogens is 1700 g/mol.